The quantitative estimate of drug-likeness (QED) is 0.517. The van der Waals surface area contributed by atoms with Gasteiger partial charge in [0.2, 0.25) is 0 Å². The van der Waals surface area contributed by atoms with Gasteiger partial charge in [0.1, 0.15) is 12.4 Å². The minimum absolute atomic E-state index is 0.218. The fourth-order valence-electron chi connectivity index (χ4n) is 3.91. The van der Waals surface area contributed by atoms with Crippen LogP contribution in [0.1, 0.15) is 43.9 Å². The fraction of sp³-hybridized carbons (Fsp3) is 0.400. The van der Waals surface area contributed by atoms with Crippen molar-refractivity contribution in [2.45, 2.75) is 39.2 Å². The summed E-state index contributed by atoms with van der Waals surface area (Å²) in [6, 6.07) is 14.9. The van der Waals surface area contributed by atoms with Crippen LogP contribution < -0.4 is 10.2 Å². The number of ether oxygens (including phenoxy) is 1. The number of piperidine rings is 1. The Morgan fingerprint density at radius 1 is 1.22 bits per heavy atom. The first-order valence-electron chi connectivity index (χ1n) is 11.2. The van der Waals surface area contributed by atoms with E-state index in [1.165, 1.54) is 16.9 Å². The van der Waals surface area contributed by atoms with Gasteiger partial charge >= 0.3 is 6.09 Å². The molecule has 1 fully saturated rings. The molecule has 1 saturated heterocycles. The number of carbonyl (C=O) groups is 1. The summed E-state index contributed by atoms with van der Waals surface area (Å²) in [6.45, 7) is 7.14. The number of aromatic nitrogens is 2. The van der Waals surface area contributed by atoms with Crippen molar-refractivity contribution >= 4 is 23.2 Å². The van der Waals surface area contributed by atoms with Crippen LogP contribution in [0.25, 0.3) is 11.3 Å². The molecule has 0 bridgehead atoms. The lowest BCUT2D eigenvalue weighted by Gasteiger charge is -2.33. The van der Waals surface area contributed by atoms with E-state index in [2.05, 4.69) is 71.5 Å². The minimum Gasteiger partial charge on any atom is -0.443 e. The van der Waals surface area contributed by atoms with Gasteiger partial charge < -0.3 is 15.0 Å². The zero-order valence-electron chi connectivity index (χ0n) is 18.7. The molecule has 168 valence electrons. The average Bonchev–Trinajstić information content (AvgIpc) is 3.36. The van der Waals surface area contributed by atoms with Crippen molar-refractivity contribution in [1.82, 2.24) is 15.3 Å². The van der Waals surface area contributed by atoms with E-state index in [4.69, 9.17) is 9.72 Å². The Hall–Kier alpha value is -2.93. The third-order valence-corrected chi connectivity index (χ3v) is 6.53. The Kier molecular flexibility index (Phi) is 7.37. The van der Waals surface area contributed by atoms with Crippen LogP contribution in [0.3, 0.4) is 0 Å². The van der Waals surface area contributed by atoms with Gasteiger partial charge in [-0.2, -0.15) is 0 Å². The summed E-state index contributed by atoms with van der Waals surface area (Å²) in [5, 5.41) is 4.78. The normalized spacial score (nSPS) is 14.5. The molecule has 6 nitrogen and oxygen atoms in total. The summed E-state index contributed by atoms with van der Waals surface area (Å²) in [7, 11) is 0. The summed E-state index contributed by atoms with van der Waals surface area (Å²) in [5.74, 6) is 1.96. The van der Waals surface area contributed by atoms with Crippen molar-refractivity contribution < 1.29 is 9.53 Å². The van der Waals surface area contributed by atoms with Gasteiger partial charge in [0.15, 0.2) is 0 Å². The Balaban J connectivity index is 1.27. The highest BCUT2D eigenvalue weighted by atomic mass is 32.1. The molecule has 0 saturated carbocycles. The number of thiazole rings is 1. The van der Waals surface area contributed by atoms with E-state index in [-0.39, 0.29) is 12.7 Å². The molecule has 1 aliphatic rings. The summed E-state index contributed by atoms with van der Waals surface area (Å²) >= 11 is 1.49. The van der Waals surface area contributed by atoms with Crippen molar-refractivity contribution in [2.24, 2.45) is 5.92 Å². The molecule has 3 heterocycles. The second kappa shape index (κ2) is 10.6. The van der Waals surface area contributed by atoms with E-state index in [1.807, 2.05) is 5.38 Å². The van der Waals surface area contributed by atoms with Crippen molar-refractivity contribution in [1.29, 1.82) is 0 Å². The summed E-state index contributed by atoms with van der Waals surface area (Å²) in [6.07, 6.45) is 1.65. The lowest BCUT2D eigenvalue weighted by Crippen LogP contribution is -2.39. The third-order valence-electron chi connectivity index (χ3n) is 5.89. The molecular weight excluding hydrogens is 420 g/mol. The molecule has 1 N–H and O–H groups in total. The van der Waals surface area contributed by atoms with Gasteiger partial charge in [0.05, 0.1) is 16.9 Å². The molecule has 0 aliphatic carbocycles. The predicted molar refractivity (Wildman–Crippen MR) is 129 cm³/mol. The Bertz CT molecular complexity index is 1010. The summed E-state index contributed by atoms with van der Waals surface area (Å²) in [5.41, 5.74) is 6.01. The Morgan fingerprint density at radius 2 is 2.03 bits per heavy atom. The average molecular weight is 451 g/mol. The number of benzene rings is 1. The van der Waals surface area contributed by atoms with Crippen LogP contribution in [-0.2, 0) is 11.3 Å². The smallest absolute Gasteiger partial charge is 0.407 e. The number of hydrogen-bond acceptors (Lipinski definition) is 6. The summed E-state index contributed by atoms with van der Waals surface area (Å²) < 4.78 is 5.22. The highest BCUT2D eigenvalue weighted by molar-refractivity contribution is 7.07. The maximum atomic E-state index is 11.9. The van der Waals surface area contributed by atoms with Crippen LogP contribution in [0, 0.1) is 5.92 Å². The highest BCUT2D eigenvalue weighted by Crippen LogP contribution is 2.26. The summed E-state index contributed by atoms with van der Waals surface area (Å²) in [4.78, 5) is 23.3. The van der Waals surface area contributed by atoms with Crippen LogP contribution in [0.2, 0.25) is 0 Å². The van der Waals surface area contributed by atoms with Crippen LogP contribution in [0.4, 0.5) is 10.6 Å². The van der Waals surface area contributed by atoms with Gasteiger partial charge in [0, 0.05) is 30.6 Å². The molecule has 2 aromatic heterocycles. The van der Waals surface area contributed by atoms with E-state index in [9.17, 15) is 4.79 Å². The third kappa shape index (κ3) is 5.85. The van der Waals surface area contributed by atoms with Crippen molar-refractivity contribution in [3.63, 3.8) is 0 Å². The zero-order chi connectivity index (χ0) is 22.3. The van der Waals surface area contributed by atoms with Crippen molar-refractivity contribution in [3.05, 3.63) is 64.6 Å². The standard InChI is InChI=1S/C25H30N4O2S/c1-18(2)20-5-3-6-21(13-20)23-7-4-8-24(28-23)29-11-9-19(10-12-29)14-26-25(30)31-15-22-16-32-17-27-22/h3-8,13,16-19H,9-12,14-15H2,1-2H3,(H,26,30). The Morgan fingerprint density at radius 3 is 2.78 bits per heavy atom. The van der Waals surface area contributed by atoms with Crippen LogP contribution in [-0.4, -0.2) is 35.7 Å². The lowest BCUT2D eigenvalue weighted by molar-refractivity contribution is 0.136. The number of hydrogen-bond donors (Lipinski definition) is 1. The molecule has 3 aromatic rings. The van der Waals surface area contributed by atoms with E-state index >= 15 is 0 Å². The SMILES string of the molecule is CC(C)c1cccc(-c2cccc(N3CCC(CNC(=O)OCc4cscn4)CC3)n2)c1. The number of alkyl carbamates (subject to hydrolysis) is 1. The predicted octanol–water partition coefficient (Wildman–Crippen LogP) is 5.47. The molecular formula is C25H30N4O2S. The topological polar surface area (TPSA) is 67.4 Å². The van der Waals surface area contributed by atoms with Crippen LogP contribution in [0.15, 0.2) is 53.4 Å². The van der Waals surface area contributed by atoms with Crippen molar-refractivity contribution in [2.75, 3.05) is 24.5 Å². The number of nitrogens with one attached hydrogen (secondary N) is 1. The monoisotopic (exact) mass is 450 g/mol. The van der Waals surface area contributed by atoms with Gasteiger partial charge in [0.25, 0.3) is 0 Å². The van der Waals surface area contributed by atoms with E-state index in [0.29, 0.717) is 18.4 Å². The molecule has 32 heavy (non-hydrogen) atoms. The van der Waals surface area contributed by atoms with Crippen LogP contribution in [0.5, 0.6) is 0 Å². The second-order valence-corrected chi connectivity index (χ2v) is 9.25. The lowest BCUT2D eigenvalue weighted by atomic mass is 9.96. The number of nitrogens with zero attached hydrogens (tertiary/aromatic N) is 3. The van der Waals surface area contributed by atoms with Crippen LogP contribution >= 0.6 is 11.3 Å². The first-order chi connectivity index (χ1) is 15.6. The molecule has 4 rings (SSSR count). The van der Waals surface area contributed by atoms with Crippen molar-refractivity contribution in [3.8, 4) is 11.3 Å². The molecule has 0 unspecified atom stereocenters. The number of amides is 1. The van der Waals surface area contributed by atoms with E-state index in [1.54, 1.807) is 5.51 Å². The fourth-order valence-corrected chi connectivity index (χ4v) is 4.45. The van der Waals surface area contributed by atoms with Gasteiger partial charge in [-0.1, -0.05) is 38.1 Å². The number of rotatable bonds is 7. The molecule has 0 atom stereocenters. The Labute approximate surface area is 193 Å². The molecule has 1 aromatic carbocycles. The molecule has 1 amide bonds. The second-order valence-electron chi connectivity index (χ2n) is 8.53. The maximum Gasteiger partial charge on any atom is 0.407 e. The van der Waals surface area contributed by atoms with E-state index < -0.39 is 0 Å². The molecule has 1 aliphatic heterocycles. The van der Waals surface area contributed by atoms with E-state index in [0.717, 1.165) is 48.7 Å². The largest absolute Gasteiger partial charge is 0.443 e. The maximum absolute atomic E-state index is 11.9. The van der Waals surface area contributed by atoms with Gasteiger partial charge in [-0.05, 0) is 48.4 Å². The van der Waals surface area contributed by atoms with Gasteiger partial charge in [-0.3, -0.25) is 0 Å². The molecule has 7 heteroatoms. The van der Waals surface area contributed by atoms with Gasteiger partial charge in [-0.15, -0.1) is 11.3 Å². The molecule has 0 spiro atoms. The first kappa shape index (κ1) is 22.3. The van der Waals surface area contributed by atoms with Gasteiger partial charge in [-0.25, -0.2) is 14.8 Å². The number of carbonyl (C=O) groups excluding carboxylic acids is 1. The zero-order valence-corrected chi connectivity index (χ0v) is 19.5. The molecule has 0 radical (unpaired) electrons. The number of anilines is 1. The number of pyridine rings is 1. The first-order valence-corrected chi connectivity index (χ1v) is 12.1. The highest BCUT2D eigenvalue weighted by Gasteiger charge is 2.21. The minimum atomic E-state index is -0.376.